The molecule has 0 saturated heterocycles. The molecule has 0 saturated carbocycles. The molecule has 2 aromatic carbocycles. The zero-order valence-corrected chi connectivity index (χ0v) is 15.2. The van der Waals surface area contributed by atoms with Crippen molar-refractivity contribution in [3.05, 3.63) is 65.2 Å². The fourth-order valence-corrected chi connectivity index (χ4v) is 2.72. The minimum absolute atomic E-state index is 0.111. The van der Waals surface area contributed by atoms with Gasteiger partial charge in [0.25, 0.3) is 17.7 Å². The average molecular weight is 392 g/mol. The number of benzene rings is 2. The second-order valence-electron chi connectivity index (χ2n) is 6.05. The standard InChI is InChI=1S/C20H16N4O5/c21-11-13-5-1-4-8-16(13)29-12-18(26)23-22-17(25)9-10-24-19(27)14-6-2-3-7-15(14)20(24)28/h1-8H,9-10,12H2,(H,22,25)(H,23,26). The maximum absolute atomic E-state index is 12.2. The van der Waals surface area contributed by atoms with E-state index in [0.29, 0.717) is 11.1 Å². The van der Waals surface area contributed by atoms with Crippen LogP contribution in [0.15, 0.2) is 48.5 Å². The first-order valence-electron chi connectivity index (χ1n) is 8.66. The van der Waals surface area contributed by atoms with E-state index in [4.69, 9.17) is 10.00 Å². The first-order valence-corrected chi connectivity index (χ1v) is 8.66. The van der Waals surface area contributed by atoms with Crippen LogP contribution in [0.3, 0.4) is 0 Å². The zero-order valence-electron chi connectivity index (χ0n) is 15.2. The van der Waals surface area contributed by atoms with Crippen molar-refractivity contribution in [3.63, 3.8) is 0 Å². The summed E-state index contributed by atoms with van der Waals surface area (Å²) in [7, 11) is 0. The average Bonchev–Trinajstić information content (AvgIpc) is 2.99. The summed E-state index contributed by atoms with van der Waals surface area (Å²) in [6.45, 7) is -0.516. The number of hydrazine groups is 1. The highest BCUT2D eigenvalue weighted by Gasteiger charge is 2.34. The number of rotatable bonds is 6. The van der Waals surface area contributed by atoms with E-state index in [0.717, 1.165) is 4.90 Å². The minimum Gasteiger partial charge on any atom is -0.482 e. The Balaban J connectivity index is 1.43. The Morgan fingerprint density at radius 2 is 1.52 bits per heavy atom. The third-order valence-electron chi connectivity index (χ3n) is 4.15. The summed E-state index contributed by atoms with van der Waals surface area (Å²) in [6.07, 6.45) is -0.177. The zero-order chi connectivity index (χ0) is 20.8. The predicted molar refractivity (Wildman–Crippen MR) is 99.4 cm³/mol. The molecule has 9 heteroatoms. The third-order valence-corrected chi connectivity index (χ3v) is 4.15. The van der Waals surface area contributed by atoms with E-state index in [1.54, 1.807) is 48.5 Å². The first kappa shape index (κ1) is 19.6. The number of nitrogens with one attached hydrogen (secondary N) is 2. The molecule has 9 nitrogen and oxygen atoms in total. The summed E-state index contributed by atoms with van der Waals surface area (Å²) in [5.41, 5.74) is 5.26. The SMILES string of the molecule is N#Cc1ccccc1OCC(=O)NNC(=O)CCN1C(=O)c2ccccc2C1=O. The molecule has 3 rings (SSSR count). The Hall–Kier alpha value is -4.19. The topological polar surface area (TPSA) is 129 Å². The number of carbonyl (C=O) groups is 4. The van der Waals surface area contributed by atoms with Gasteiger partial charge in [0, 0.05) is 13.0 Å². The van der Waals surface area contributed by atoms with Crippen molar-refractivity contribution < 1.29 is 23.9 Å². The second-order valence-corrected chi connectivity index (χ2v) is 6.05. The Labute approximate surface area is 165 Å². The molecule has 0 radical (unpaired) electrons. The fourth-order valence-electron chi connectivity index (χ4n) is 2.72. The molecule has 146 valence electrons. The summed E-state index contributed by atoms with van der Waals surface area (Å²) in [5.74, 6) is -1.86. The number of nitriles is 1. The quantitative estimate of drug-likeness (QED) is 0.552. The van der Waals surface area contributed by atoms with Gasteiger partial charge in [0.1, 0.15) is 11.8 Å². The van der Waals surface area contributed by atoms with Crippen molar-refractivity contribution in [3.8, 4) is 11.8 Å². The summed E-state index contributed by atoms with van der Waals surface area (Å²) >= 11 is 0. The van der Waals surface area contributed by atoms with E-state index in [1.165, 1.54) is 0 Å². The molecule has 1 heterocycles. The molecule has 4 amide bonds. The van der Waals surface area contributed by atoms with Crippen molar-refractivity contribution in [2.45, 2.75) is 6.42 Å². The lowest BCUT2D eigenvalue weighted by molar-refractivity contribution is -0.130. The number of imide groups is 1. The molecular formula is C20H16N4O5. The van der Waals surface area contributed by atoms with Crippen LogP contribution in [-0.4, -0.2) is 41.7 Å². The monoisotopic (exact) mass is 392 g/mol. The second kappa shape index (κ2) is 8.67. The van der Waals surface area contributed by atoms with Crippen LogP contribution in [0, 0.1) is 11.3 Å². The van der Waals surface area contributed by atoms with Crippen molar-refractivity contribution in [1.82, 2.24) is 15.8 Å². The molecule has 0 unspecified atom stereocenters. The minimum atomic E-state index is -0.633. The lowest BCUT2D eigenvalue weighted by Crippen LogP contribution is -2.45. The molecule has 0 aromatic heterocycles. The smallest absolute Gasteiger partial charge is 0.276 e. The summed E-state index contributed by atoms with van der Waals surface area (Å²) < 4.78 is 5.24. The van der Waals surface area contributed by atoms with Gasteiger partial charge >= 0.3 is 0 Å². The van der Waals surface area contributed by atoms with Crippen LogP contribution in [0.1, 0.15) is 32.7 Å². The Morgan fingerprint density at radius 3 is 2.17 bits per heavy atom. The van der Waals surface area contributed by atoms with Gasteiger partial charge in [-0.25, -0.2) is 0 Å². The Morgan fingerprint density at radius 1 is 0.931 bits per heavy atom. The van der Waals surface area contributed by atoms with Gasteiger partial charge in [0.05, 0.1) is 16.7 Å². The summed E-state index contributed by atoms with van der Waals surface area (Å²) in [6, 6.07) is 14.8. The number of carbonyl (C=O) groups excluding carboxylic acids is 4. The maximum Gasteiger partial charge on any atom is 0.276 e. The fraction of sp³-hybridized carbons (Fsp3) is 0.150. The van der Waals surface area contributed by atoms with Gasteiger partial charge in [-0.3, -0.25) is 34.9 Å². The highest BCUT2D eigenvalue weighted by molar-refractivity contribution is 6.21. The number of nitrogens with zero attached hydrogens (tertiary/aromatic N) is 2. The van der Waals surface area contributed by atoms with Crippen LogP contribution in [0.5, 0.6) is 5.75 Å². The van der Waals surface area contributed by atoms with E-state index in [1.807, 2.05) is 6.07 Å². The maximum atomic E-state index is 12.2. The van der Waals surface area contributed by atoms with Gasteiger partial charge in [-0.15, -0.1) is 0 Å². The first-order chi connectivity index (χ1) is 14.0. The molecule has 0 atom stereocenters. The summed E-state index contributed by atoms with van der Waals surface area (Å²) in [5, 5.41) is 8.96. The van der Waals surface area contributed by atoms with Crippen molar-refractivity contribution in [2.75, 3.05) is 13.2 Å². The molecule has 0 spiro atoms. The van der Waals surface area contributed by atoms with Gasteiger partial charge in [0.15, 0.2) is 6.61 Å². The van der Waals surface area contributed by atoms with Crippen molar-refractivity contribution in [2.24, 2.45) is 0 Å². The van der Waals surface area contributed by atoms with Crippen LogP contribution in [-0.2, 0) is 9.59 Å². The molecular weight excluding hydrogens is 376 g/mol. The van der Waals surface area contributed by atoms with Crippen LogP contribution >= 0.6 is 0 Å². The molecule has 29 heavy (non-hydrogen) atoms. The van der Waals surface area contributed by atoms with Gasteiger partial charge in [-0.2, -0.15) is 5.26 Å². The number of amides is 4. The normalized spacial score (nSPS) is 12.2. The van der Waals surface area contributed by atoms with Crippen LogP contribution < -0.4 is 15.6 Å². The largest absolute Gasteiger partial charge is 0.482 e. The number of hydrogen-bond acceptors (Lipinski definition) is 6. The summed E-state index contributed by atoms with van der Waals surface area (Å²) in [4.78, 5) is 49.1. The van der Waals surface area contributed by atoms with Gasteiger partial charge < -0.3 is 4.74 Å². The Kier molecular flexibility index (Phi) is 5.85. The van der Waals surface area contributed by atoms with Gasteiger partial charge in [-0.05, 0) is 24.3 Å². The van der Waals surface area contributed by atoms with Crippen molar-refractivity contribution in [1.29, 1.82) is 5.26 Å². The van der Waals surface area contributed by atoms with Crippen LogP contribution in [0.2, 0.25) is 0 Å². The molecule has 0 fully saturated rings. The lowest BCUT2D eigenvalue weighted by Gasteiger charge is -2.14. The van der Waals surface area contributed by atoms with E-state index >= 15 is 0 Å². The molecule has 1 aliphatic rings. The van der Waals surface area contributed by atoms with Crippen LogP contribution in [0.25, 0.3) is 0 Å². The predicted octanol–water partition coefficient (Wildman–Crippen LogP) is 0.771. The van der Waals surface area contributed by atoms with E-state index in [9.17, 15) is 19.2 Å². The molecule has 0 aliphatic carbocycles. The van der Waals surface area contributed by atoms with E-state index in [-0.39, 0.29) is 24.3 Å². The number of ether oxygens (including phenoxy) is 1. The van der Waals surface area contributed by atoms with Gasteiger partial charge in [0.2, 0.25) is 5.91 Å². The molecule has 2 N–H and O–H groups in total. The van der Waals surface area contributed by atoms with Crippen molar-refractivity contribution >= 4 is 23.6 Å². The number of para-hydroxylation sites is 1. The number of hydrogen-bond donors (Lipinski definition) is 2. The van der Waals surface area contributed by atoms with Crippen LogP contribution in [0.4, 0.5) is 0 Å². The Bertz CT molecular complexity index is 993. The number of fused-ring (bicyclic) bond motifs is 1. The molecule has 0 bridgehead atoms. The lowest BCUT2D eigenvalue weighted by atomic mass is 10.1. The highest BCUT2D eigenvalue weighted by Crippen LogP contribution is 2.22. The highest BCUT2D eigenvalue weighted by atomic mass is 16.5. The van der Waals surface area contributed by atoms with E-state index < -0.39 is 30.2 Å². The third kappa shape index (κ3) is 4.39. The molecule has 1 aliphatic heterocycles. The van der Waals surface area contributed by atoms with Gasteiger partial charge in [-0.1, -0.05) is 24.3 Å². The molecule has 2 aromatic rings. The van der Waals surface area contributed by atoms with E-state index in [2.05, 4.69) is 10.9 Å².